The van der Waals surface area contributed by atoms with Crippen molar-refractivity contribution in [2.75, 3.05) is 26.2 Å². The summed E-state index contributed by atoms with van der Waals surface area (Å²) >= 11 is 12.3. The zero-order valence-corrected chi connectivity index (χ0v) is 14.2. The average Bonchev–Trinajstić information content (AvgIpc) is 2.49. The van der Waals surface area contributed by atoms with Crippen LogP contribution in [0.1, 0.15) is 24.8 Å². The van der Waals surface area contributed by atoms with Crippen molar-refractivity contribution in [3.05, 3.63) is 35.9 Å². The Balaban J connectivity index is 0.00000220. The second kappa shape index (κ2) is 10.3. The van der Waals surface area contributed by atoms with Crippen molar-refractivity contribution in [1.29, 1.82) is 0 Å². The second-order valence-electron chi connectivity index (χ2n) is 5.00. The first-order valence-electron chi connectivity index (χ1n) is 7.03. The maximum absolute atomic E-state index is 6.26. The minimum Gasteiger partial charge on any atom is -0.393 e. The fourth-order valence-corrected chi connectivity index (χ4v) is 2.70. The van der Waals surface area contributed by atoms with Gasteiger partial charge in [-0.15, -0.1) is 24.0 Å². The van der Waals surface area contributed by atoms with Crippen molar-refractivity contribution in [3.63, 3.8) is 0 Å². The third-order valence-electron chi connectivity index (χ3n) is 3.32. The van der Waals surface area contributed by atoms with Crippen molar-refractivity contribution in [2.24, 2.45) is 5.16 Å². The quantitative estimate of drug-likeness (QED) is 0.437. The highest BCUT2D eigenvalue weighted by atomic mass is 35.5. The van der Waals surface area contributed by atoms with E-state index < -0.39 is 0 Å². The molecule has 0 radical (unpaired) electrons. The molecule has 0 saturated carbocycles. The van der Waals surface area contributed by atoms with Crippen molar-refractivity contribution >= 4 is 40.8 Å². The number of piperidine rings is 1. The summed E-state index contributed by atoms with van der Waals surface area (Å²) in [6, 6.07) is 9.53. The number of rotatable bonds is 6. The standard InChI is InChI=1S/C15H20Cl2N2O.ClH/c16-14(11-19-9-5-2-6-10-19)12-20-18-15(17)13-7-3-1-4-8-13;/h1,3-4,7-8,14H,2,5-6,9-12H2;1H. The second-order valence-corrected chi connectivity index (χ2v) is 5.98. The van der Waals surface area contributed by atoms with Crippen molar-refractivity contribution in [2.45, 2.75) is 24.6 Å². The van der Waals surface area contributed by atoms with Gasteiger partial charge in [0.15, 0.2) is 5.17 Å². The van der Waals surface area contributed by atoms with E-state index in [0.29, 0.717) is 11.8 Å². The lowest BCUT2D eigenvalue weighted by atomic mass is 10.1. The highest BCUT2D eigenvalue weighted by molar-refractivity contribution is 6.69. The predicted octanol–water partition coefficient (Wildman–Crippen LogP) is 4.12. The first-order valence-corrected chi connectivity index (χ1v) is 7.84. The predicted molar refractivity (Wildman–Crippen MR) is 92.0 cm³/mol. The van der Waals surface area contributed by atoms with Crippen LogP contribution in [0.3, 0.4) is 0 Å². The van der Waals surface area contributed by atoms with E-state index in [-0.39, 0.29) is 17.8 Å². The van der Waals surface area contributed by atoms with Crippen LogP contribution in [0.15, 0.2) is 35.5 Å². The Hall–Kier alpha value is -0.480. The van der Waals surface area contributed by atoms with Gasteiger partial charge < -0.3 is 9.74 Å². The Morgan fingerprint density at radius 3 is 2.52 bits per heavy atom. The van der Waals surface area contributed by atoms with E-state index in [4.69, 9.17) is 28.0 Å². The number of nitrogens with zero attached hydrogens (tertiary/aromatic N) is 2. The van der Waals surface area contributed by atoms with Crippen LogP contribution in [0.25, 0.3) is 0 Å². The maximum atomic E-state index is 6.26. The molecule has 118 valence electrons. The lowest BCUT2D eigenvalue weighted by molar-refractivity contribution is 0.128. The molecular formula is C15H21Cl3N2O. The third-order valence-corrected chi connectivity index (χ3v) is 3.87. The number of hydrogen-bond donors (Lipinski definition) is 0. The Bertz CT molecular complexity index is 422. The molecule has 1 aliphatic rings. The highest BCUT2D eigenvalue weighted by Crippen LogP contribution is 2.11. The molecule has 0 amide bonds. The molecule has 1 unspecified atom stereocenters. The number of halogens is 3. The Labute approximate surface area is 142 Å². The van der Waals surface area contributed by atoms with Crippen LogP contribution in [0.5, 0.6) is 0 Å². The Morgan fingerprint density at radius 2 is 1.86 bits per heavy atom. The van der Waals surface area contributed by atoms with E-state index in [9.17, 15) is 0 Å². The van der Waals surface area contributed by atoms with Gasteiger partial charge in [0, 0.05) is 12.1 Å². The fourth-order valence-electron chi connectivity index (χ4n) is 2.28. The van der Waals surface area contributed by atoms with Gasteiger partial charge in [0.25, 0.3) is 0 Å². The van der Waals surface area contributed by atoms with Crippen LogP contribution >= 0.6 is 35.6 Å². The van der Waals surface area contributed by atoms with Gasteiger partial charge >= 0.3 is 0 Å². The number of hydrogen-bond acceptors (Lipinski definition) is 3. The molecule has 1 saturated heterocycles. The van der Waals surface area contributed by atoms with E-state index >= 15 is 0 Å². The topological polar surface area (TPSA) is 24.8 Å². The van der Waals surface area contributed by atoms with Gasteiger partial charge in [-0.1, -0.05) is 53.5 Å². The van der Waals surface area contributed by atoms with Crippen LogP contribution in [0, 0.1) is 0 Å². The lowest BCUT2D eigenvalue weighted by Gasteiger charge is -2.27. The van der Waals surface area contributed by atoms with Gasteiger partial charge in [0.05, 0.1) is 5.38 Å². The molecular weight excluding hydrogens is 331 g/mol. The summed E-state index contributed by atoms with van der Waals surface area (Å²) in [6.45, 7) is 3.50. The molecule has 6 heteroatoms. The minimum atomic E-state index is -0.0582. The summed E-state index contributed by atoms with van der Waals surface area (Å²) in [5, 5.41) is 4.20. The van der Waals surface area contributed by atoms with Crippen molar-refractivity contribution in [3.8, 4) is 0 Å². The van der Waals surface area contributed by atoms with Crippen LogP contribution < -0.4 is 0 Å². The molecule has 1 aliphatic heterocycles. The first kappa shape index (κ1) is 18.6. The van der Waals surface area contributed by atoms with Crippen LogP contribution in [-0.4, -0.2) is 41.7 Å². The fraction of sp³-hybridized carbons (Fsp3) is 0.533. The molecule has 0 bridgehead atoms. The molecule has 1 heterocycles. The van der Waals surface area contributed by atoms with E-state index in [0.717, 1.165) is 25.2 Å². The molecule has 0 spiro atoms. The molecule has 1 aromatic carbocycles. The molecule has 0 aromatic heterocycles. The first-order chi connectivity index (χ1) is 9.75. The molecule has 0 aliphatic carbocycles. The third kappa shape index (κ3) is 6.88. The monoisotopic (exact) mass is 350 g/mol. The van der Waals surface area contributed by atoms with Gasteiger partial charge in [0.1, 0.15) is 6.61 Å². The number of benzene rings is 1. The molecule has 1 aromatic rings. The highest BCUT2D eigenvalue weighted by Gasteiger charge is 2.15. The molecule has 2 rings (SSSR count). The minimum absolute atomic E-state index is 0. The van der Waals surface area contributed by atoms with Gasteiger partial charge in [-0.05, 0) is 25.9 Å². The SMILES string of the molecule is Cl.ClC(=NOCC(Cl)CN1CCCCC1)c1ccccc1. The zero-order valence-electron chi connectivity index (χ0n) is 11.9. The van der Waals surface area contributed by atoms with Crippen LogP contribution in [-0.2, 0) is 4.84 Å². The molecule has 1 fully saturated rings. The largest absolute Gasteiger partial charge is 0.393 e. The normalized spacial score (nSPS) is 17.9. The van der Waals surface area contributed by atoms with Gasteiger partial charge in [-0.25, -0.2) is 0 Å². The van der Waals surface area contributed by atoms with Crippen molar-refractivity contribution in [1.82, 2.24) is 4.90 Å². The van der Waals surface area contributed by atoms with Gasteiger partial charge in [-0.3, -0.25) is 0 Å². The Morgan fingerprint density at radius 1 is 1.19 bits per heavy atom. The lowest BCUT2D eigenvalue weighted by Crippen LogP contribution is -2.35. The zero-order chi connectivity index (χ0) is 14.2. The summed E-state index contributed by atoms with van der Waals surface area (Å²) in [7, 11) is 0. The van der Waals surface area contributed by atoms with Gasteiger partial charge in [-0.2, -0.15) is 0 Å². The van der Waals surface area contributed by atoms with Crippen LogP contribution in [0.2, 0.25) is 0 Å². The van der Waals surface area contributed by atoms with Crippen LogP contribution in [0.4, 0.5) is 0 Å². The summed E-state index contributed by atoms with van der Waals surface area (Å²) < 4.78 is 0. The Kier molecular flexibility index (Phi) is 9.09. The van der Waals surface area contributed by atoms with E-state index in [2.05, 4.69) is 10.1 Å². The molecule has 21 heavy (non-hydrogen) atoms. The van der Waals surface area contributed by atoms with Crippen molar-refractivity contribution < 1.29 is 4.84 Å². The summed E-state index contributed by atoms with van der Waals surface area (Å²) in [6.07, 6.45) is 3.86. The maximum Gasteiger partial charge on any atom is 0.175 e. The summed E-state index contributed by atoms with van der Waals surface area (Å²) in [5.74, 6) is 0. The number of alkyl halides is 1. The van der Waals surface area contributed by atoms with E-state index in [1.54, 1.807) is 0 Å². The average molecular weight is 352 g/mol. The molecule has 3 nitrogen and oxygen atoms in total. The number of likely N-dealkylation sites (tertiary alicyclic amines) is 1. The number of oxime groups is 1. The van der Waals surface area contributed by atoms with Gasteiger partial charge in [0.2, 0.25) is 0 Å². The summed E-state index contributed by atoms with van der Waals surface area (Å²) in [4.78, 5) is 7.63. The smallest absolute Gasteiger partial charge is 0.175 e. The molecule has 0 N–H and O–H groups in total. The van der Waals surface area contributed by atoms with E-state index in [1.165, 1.54) is 19.3 Å². The molecule has 1 atom stereocenters. The van der Waals surface area contributed by atoms with E-state index in [1.807, 2.05) is 30.3 Å². The summed E-state index contributed by atoms with van der Waals surface area (Å²) in [5.41, 5.74) is 0.844.